The van der Waals surface area contributed by atoms with Crippen LogP contribution >= 0.6 is 0 Å². The largest absolute Gasteiger partial charge is 0.490 e. The number of rotatable bonds is 14. The molecule has 0 saturated heterocycles. The van der Waals surface area contributed by atoms with Gasteiger partial charge >= 0.3 is 0 Å². The number of unbranched alkanes of at least 4 members (excludes halogenated alkanes) is 3. The fraction of sp³-hybridized carbons (Fsp3) is 0.459. The Kier molecular flexibility index (Phi) is 11.8. The van der Waals surface area contributed by atoms with Gasteiger partial charge in [-0.05, 0) is 104 Å². The van der Waals surface area contributed by atoms with Gasteiger partial charge in [-0.3, -0.25) is 0 Å². The number of hydrogen-bond acceptors (Lipinski definition) is 1. The molecular weight excluding hydrogens is 498 g/mol. The van der Waals surface area contributed by atoms with Gasteiger partial charge in [0.05, 0.1) is 6.61 Å². The quantitative estimate of drug-likeness (QED) is 0.145. The molecule has 1 aliphatic carbocycles. The van der Waals surface area contributed by atoms with E-state index in [1.54, 1.807) is 6.07 Å². The van der Waals surface area contributed by atoms with Crippen molar-refractivity contribution in [2.75, 3.05) is 6.61 Å². The molecule has 0 aliphatic heterocycles. The summed E-state index contributed by atoms with van der Waals surface area (Å²) in [5, 5.41) is 0. The maximum absolute atomic E-state index is 14.7. The van der Waals surface area contributed by atoms with Crippen molar-refractivity contribution in [3.05, 3.63) is 101 Å². The topological polar surface area (TPSA) is 9.23 Å². The minimum atomic E-state index is -0.910. The lowest BCUT2D eigenvalue weighted by molar-refractivity contribution is 0.289. The zero-order valence-corrected chi connectivity index (χ0v) is 24.4. The van der Waals surface area contributed by atoms with E-state index in [2.05, 4.69) is 43.3 Å². The van der Waals surface area contributed by atoms with Gasteiger partial charge in [0.15, 0.2) is 11.6 Å². The molecule has 0 N–H and O–H groups in total. The summed E-state index contributed by atoms with van der Waals surface area (Å²) in [5.41, 5.74) is 5.15. The van der Waals surface area contributed by atoms with Crippen molar-refractivity contribution in [3.8, 4) is 16.9 Å². The van der Waals surface area contributed by atoms with E-state index in [1.165, 1.54) is 74.1 Å². The summed E-state index contributed by atoms with van der Waals surface area (Å²) in [4.78, 5) is 0. The van der Waals surface area contributed by atoms with Crippen LogP contribution in [0.2, 0.25) is 0 Å². The molecule has 1 nitrogen and oxygen atoms in total. The highest BCUT2D eigenvalue weighted by Gasteiger charge is 2.21. The Hall–Kier alpha value is -2.94. The van der Waals surface area contributed by atoms with Gasteiger partial charge in [-0.25, -0.2) is 4.39 Å². The third-order valence-electron chi connectivity index (χ3n) is 8.37. The first-order valence-corrected chi connectivity index (χ1v) is 15.5. The van der Waals surface area contributed by atoms with Gasteiger partial charge in [-0.2, -0.15) is 4.39 Å². The Morgan fingerprint density at radius 1 is 0.725 bits per heavy atom. The highest BCUT2D eigenvalue weighted by molar-refractivity contribution is 5.65. The van der Waals surface area contributed by atoms with Crippen LogP contribution in [0.4, 0.5) is 8.78 Å². The molecule has 1 saturated carbocycles. The number of allylic oxidation sites excluding steroid dienone is 2. The van der Waals surface area contributed by atoms with Gasteiger partial charge in [0, 0.05) is 5.56 Å². The van der Waals surface area contributed by atoms with Gasteiger partial charge in [0.25, 0.3) is 0 Å². The summed E-state index contributed by atoms with van der Waals surface area (Å²) in [6.07, 6.45) is 18.6. The molecule has 3 aromatic carbocycles. The first-order chi connectivity index (χ1) is 19.6. The van der Waals surface area contributed by atoms with Crippen LogP contribution in [0.25, 0.3) is 11.1 Å². The molecule has 40 heavy (non-hydrogen) atoms. The molecule has 1 aliphatic rings. The van der Waals surface area contributed by atoms with E-state index in [-0.39, 0.29) is 11.3 Å². The van der Waals surface area contributed by atoms with Crippen LogP contribution in [-0.4, -0.2) is 6.61 Å². The average molecular weight is 545 g/mol. The Morgan fingerprint density at radius 2 is 1.40 bits per heavy atom. The molecule has 0 heterocycles. The number of benzene rings is 3. The zero-order valence-electron chi connectivity index (χ0n) is 24.4. The molecule has 214 valence electrons. The second-order valence-electron chi connectivity index (χ2n) is 11.4. The van der Waals surface area contributed by atoms with Crippen molar-refractivity contribution in [1.29, 1.82) is 0 Å². The van der Waals surface area contributed by atoms with Crippen molar-refractivity contribution >= 4 is 0 Å². The van der Waals surface area contributed by atoms with E-state index in [9.17, 15) is 8.78 Å². The van der Waals surface area contributed by atoms with Crippen LogP contribution in [0.5, 0.6) is 5.75 Å². The molecule has 0 radical (unpaired) electrons. The summed E-state index contributed by atoms with van der Waals surface area (Å²) in [6, 6.07) is 20.4. The Balaban J connectivity index is 1.20. The fourth-order valence-electron chi connectivity index (χ4n) is 5.76. The first-order valence-electron chi connectivity index (χ1n) is 15.5. The third kappa shape index (κ3) is 8.53. The molecule has 1 fully saturated rings. The van der Waals surface area contributed by atoms with Crippen LogP contribution in [0.1, 0.15) is 101 Å². The van der Waals surface area contributed by atoms with Gasteiger partial charge in [-0.15, -0.1) is 0 Å². The minimum Gasteiger partial charge on any atom is -0.490 e. The molecule has 0 amide bonds. The third-order valence-corrected chi connectivity index (χ3v) is 8.37. The van der Waals surface area contributed by atoms with E-state index >= 15 is 0 Å². The van der Waals surface area contributed by atoms with Gasteiger partial charge in [0.1, 0.15) is 0 Å². The predicted octanol–water partition coefficient (Wildman–Crippen LogP) is 11.0. The number of halogens is 2. The van der Waals surface area contributed by atoms with Crippen molar-refractivity contribution in [2.24, 2.45) is 5.92 Å². The van der Waals surface area contributed by atoms with Crippen LogP contribution in [0.3, 0.4) is 0 Å². The predicted molar refractivity (Wildman–Crippen MR) is 164 cm³/mol. The van der Waals surface area contributed by atoms with Gasteiger partial charge < -0.3 is 4.74 Å². The smallest absolute Gasteiger partial charge is 0.201 e. The first kappa shape index (κ1) is 30.0. The molecule has 0 aromatic heterocycles. The lowest BCUT2D eigenvalue weighted by Gasteiger charge is -2.27. The van der Waals surface area contributed by atoms with Gasteiger partial charge in [-0.1, -0.05) is 93.8 Å². The van der Waals surface area contributed by atoms with Crippen LogP contribution < -0.4 is 4.74 Å². The fourth-order valence-corrected chi connectivity index (χ4v) is 5.76. The second kappa shape index (κ2) is 15.7. The van der Waals surface area contributed by atoms with Crippen molar-refractivity contribution < 1.29 is 13.5 Å². The molecule has 0 atom stereocenters. The second-order valence-corrected chi connectivity index (χ2v) is 11.4. The average Bonchev–Trinajstić information content (AvgIpc) is 2.99. The molecule has 0 bridgehead atoms. The summed E-state index contributed by atoms with van der Waals surface area (Å²) in [7, 11) is 0. The number of aryl methyl sites for hydroxylation is 2. The van der Waals surface area contributed by atoms with Crippen molar-refractivity contribution in [2.45, 2.75) is 96.8 Å². The molecular formula is C37H46F2O. The summed E-state index contributed by atoms with van der Waals surface area (Å²) < 4.78 is 34.6. The molecule has 4 rings (SSSR count). The minimum absolute atomic E-state index is 0.0154. The van der Waals surface area contributed by atoms with Crippen molar-refractivity contribution in [1.82, 2.24) is 0 Å². The number of ether oxygens (including phenoxy) is 1. The van der Waals surface area contributed by atoms with Crippen LogP contribution in [-0.2, 0) is 12.8 Å². The van der Waals surface area contributed by atoms with E-state index in [4.69, 9.17) is 4.74 Å². The van der Waals surface area contributed by atoms with E-state index in [0.29, 0.717) is 24.0 Å². The molecule has 3 heteroatoms. The Morgan fingerprint density at radius 3 is 2.10 bits per heavy atom. The lowest BCUT2D eigenvalue weighted by Crippen LogP contribution is -2.11. The maximum atomic E-state index is 14.7. The molecule has 3 aromatic rings. The normalized spacial score (nSPS) is 17.4. The highest BCUT2D eigenvalue weighted by Crippen LogP contribution is 2.36. The van der Waals surface area contributed by atoms with E-state index in [1.807, 2.05) is 31.2 Å². The number of hydrogen-bond donors (Lipinski definition) is 0. The highest BCUT2D eigenvalue weighted by atomic mass is 19.2. The van der Waals surface area contributed by atoms with Gasteiger partial charge in [0.2, 0.25) is 5.82 Å². The molecule has 0 unspecified atom stereocenters. The Bertz CT molecular complexity index is 1190. The summed E-state index contributed by atoms with van der Waals surface area (Å²) >= 11 is 0. The van der Waals surface area contributed by atoms with Crippen molar-refractivity contribution in [3.63, 3.8) is 0 Å². The SMILES string of the molecule is CCCCCc1ccc(C2CCC(C=CCCc3ccc(-c4ccc(OCCCC)c(F)c4F)cc3)CC2)cc1. The molecule has 0 spiro atoms. The maximum Gasteiger partial charge on any atom is 0.201 e. The van der Waals surface area contributed by atoms with E-state index in [0.717, 1.165) is 25.7 Å². The summed E-state index contributed by atoms with van der Waals surface area (Å²) in [5.74, 6) is -0.389. The standard InChI is InChI=1S/C37H46F2O/c1-3-5-7-10-28-13-19-31(20-14-28)32-21-15-29(16-22-32)11-8-9-12-30-17-23-33(24-18-30)34-25-26-35(37(39)36(34)38)40-27-6-4-2/h8,11,13-14,17-20,23-26,29,32H,3-7,9-10,12,15-16,21-22,27H2,1-2H3. The van der Waals surface area contributed by atoms with Crippen LogP contribution in [0, 0.1) is 17.6 Å². The van der Waals surface area contributed by atoms with Crippen LogP contribution in [0.15, 0.2) is 72.8 Å². The Labute approximate surface area is 240 Å². The van der Waals surface area contributed by atoms with E-state index < -0.39 is 11.6 Å². The summed E-state index contributed by atoms with van der Waals surface area (Å²) in [6.45, 7) is 4.68. The lowest BCUT2D eigenvalue weighted by atomic mass is 9.78. The zero-order chi connectivity index (χ0) is 28.2. The monoisotopic (exact) mass is 544 g/mol.